The van der Waals surface area contributed by atoms with Gasteiger partial charge in [0.25, 0.3) is 11.5 Å². The van der Waals surface area contributed by atoms with Crippen LogP contribution in [0.3, 0.4) is 0 Å². The molecule has 8 heteroatoms. The molecule has 1 amide bonds. The normalized spacial score (nSPS) is 23.0. The number of aromatic nitrogens is 3. The summed E-state index contributed by atoms with van der Waals surface area (Å²) in [5.74, 6) is 0.374. The number of hydrogen-bond acceptors (Lipinski definition) is 5. The minimum atomic E-state index is -0.371. The molecule has 0 saturated heterocycles. The summed E-state index contributed by atoms with van der Waals surface area (Å²) in [7, 11) is 1.81. The zero-order chi connectivity index (χ0) is 23.3. The van der Waals surface area contributed by atoms with Crippen LogP contribution in [-0.2, 0) is 17.8 Å². The molecule has 2 aliphatic rings. The topological polar surface area (TPSA) is 101 Å². The van der Waals surface area contributed by atoms with Gasteiger partial charge in [0.05, 0.1) is 6.10 Å². The third kappa shape index (κ3) is 3.69. The van der Waals surface area contributed by atoms with Crippen molar-refractivity contribution in [1.29, 1.82) is 0 Å². The fraction of sp³-hybridized carbons (Fsp3) is 0.346. The van der Waals surface area contributed by atoms with Gasteiger partial charge in [-0.25, -0.2) is 4.98 Å². The summed E-state index contributed by atoms with van der Waals surface area (Å²) >= 11 is 0. The van der Waals surface area contributed by atoms with Crippen molar-refractivity contribution in [2.24, 2.45) is 11.3 Å². The number of nitrogens with zero attached hydrogens (tertiary/aromatic N) is 2. The van der Waals surface area contributed by atoms with Gasteiger partial charge in [-0.05, 0) is 59.4 Å². The van der Waals surface area contributed by atoms with Crippen LogP contribution < -0.4 is 16.2 Å². The number of methoxy groups -OCH3 is 1. The first kappa shape index (κ1) is 21.1. The molecule has 3 N–H and O–H groups in total. The van der Waals surface area contributed by atoms with Gasteiger partial charge in [-0.2, -0.15) is 0 Å². The van der Waals surface area contributed by atoms with Crippen molar-refractivity contribution in [3.8, 4) is 0 Å². The van der Waals surface area contributed by atoms with E-state index in [-0.39, 0.29) is 17.2 Å². The van der Waals surface area contributed by atoms with Crippen molar-refractivity contribution < 1.29 is 9.53 Å². The van der Waals surface area contributed by atoms with Crippen LogP contribution in [0.1, 0.15) is 34.6 Å². The Kier molecular flexibility index (Phi) is 5.00. The summed E-state index contributed by atoms with van der Waals surface area (Å²) in [6.45, 7) is 2.19. The Morgan fingerprint density at radius 1 is 1.21 bits per heavy atom. The van der Waals surface area contributed by atoms with Crippen molar-refractivity contribution in [2.45, 2.75) is 32.0 Å². The third-order valence-corrected chi connectivity index (χ3v) is 7.40. The van der Waals surface area contributed by atoms with E-state index in [1.165, 1.54) is 23.3 Å². The van der Waals surface area contributed by atoms with Gasteiger partial charge in [-0.15, -0.1) is 0 Å². The Morgan fingerprint density at radius 2 is 2.12 bits per heavy atom. The van der Waals surface area contributed by atoms with Gasteiger partial charge in [-0.3, -0.25) is 14.0 Å². The van der Waals surface area contributed by atoms with Crippen molar-refractivity contribution in [3.05, 3.63) is 82.0 Å². The first-order chi connectivity index (χ1) is 16.5. The molecular weight excluding hydrogens is 430 g/mol. The number of aromatic amines is 1. The number of amides is 1. The maximum Gasteiger partial charge on any atom is 0.270 e. The smallest absolute Gasteiger partial charge is 0.270 e. The molecule has 3 heterocycles. The molecule has 2 saturated carbocycles. The molecule has 3 unspecified atom stereocenters. The number of nitrogens with one attached hydrogen (secondary N) is 3. The summed E-state index contributed by atoms with van der Waals surface area (Å²) in [5, 5.41) is 7.61. The van der Waals surface area contributed by atoms with Gasteiger partial charge in [0.1, 0.15) is 11.3 Å². The van der Waals surface area contributed by atoms with E-state index in [0.717, 1.165) is 41.2 Å². The minimum absolute atomic E-state index is 0.117. The average Bonchev–Trinajstić information content (AvgIpc) is 3.21. The maximum atomic E-state index is 12.6. The summed E-state index contributed by atoms with van der Waals surface area (Å²) in [6.07, 6.45) is 4.55. The lowest BCUT2D eigenvalue weighted by Crippen LogP contribution is -2.39. The Labute approximate surface area is 196 Å². The minimum Gasteiger partial charge on any atom is -0.381 e. The van der Waals surface area contributed by atoms with Gasteiger partial charge < -0.3 is 20.4 Å². The Hall–Kier alpha value is -3.49. The van der Waals surface area contributed by atoms with Gasteiger partial charge in [0.15, 0.2) is 0 Å². The molecule has 0 bridgehead atoms. The molecule has 2 fully saturated rings. The van der Waals surface area contributed by atoms with E-state index >= 15 is 0 Å². The maximum absolute atomic E-state index is 12.6. The van der Waals surface area contributed by atoms with Crippen molar-refractivity contribution in [2.75, 3.05) is 13.7 Å². The Morgan fingerprint density at radius 3 is 2.97 bits per heavy atom. The molecular formula is C26H27N5O3. The van der Waals surface area contributed by atoms with Crippen LogP contribution in [0.25, 0.3) is 16.6 Å². The van der Waals surface area contributed by atoms with Crippen LogP contribution >= 0.6 is 0 Å². The number of hydrogen-bond donors (Lipinski definition) is 3. The number of carbonyl (C=O) groups is 1. The lowest BCUT2D eigenvalue weighted by Gasteiger charge is -2.33. The fourth-order valence-corrected chi connectivity index (χ4v) is 5.37. The largest absolute Gasteiger partial charge is 0.381 e. The van der Waals surface area contributed by atoms with Crippen LogP contribution in [0, 0.1) is 11.3 Å². The van der Waals surface area contributed by atoms with Crippen LogP contribution in [0.5, 0.6) is 0 Å². The molecule has 0 radical (unpaired) electrons. The summed E-state index contributed by atoms with van der Waals surface area (Å²) < 4.78 is 6.89. The number of H-pyrrole nitrogens is 1. The quantitative estimate of drug-likeness (QED) is 0.378. The van der Waals surface area contributed by atoms with Crippen molar-refractivity contribution >= 4 is 22.5 Å². The standard InChI is InChI=1S/C26H27N5O3/c1-34-22-12-26(11-19(22)26)15-27-14-18-9-17-6-5-16(8-20(17)29-18)13-28-25(33)21-10-24(32)31-7-3-2-4-23(31)30-21/h2-10,19,22,27,29H,11-15H2,1H3,(H,28,33). The number of rotatable bonds is 8. The molecule has 34 heavy (non-hydrogen) atoms. The summed E-state index contributed by atoms with van der Waals surface area (Å²) in [6, 6.07) is 14.8. The fourth-order valence-electron chi connectivity index (χ4n) is 5.37. The number of carbonyl (C=O) groups excluding carboxylic acids is 1. The highest BCUT2D eigenvalue weighted by Gasteiger charge is 2.66. The molecule has 4 aromatic rings. The molecule has 8 nitrogen and oxygen atoms in total. The Balaban J connectivity index is 1.07. The van der Waals surface area contributed by atoms with E-state index in [1.807, 2.05) is 19.2 Å². The van der Waals surface area contributed by atoms with E-state index in [4.69, 9.17) is 4.74 Å². The van der Waals surface area contributed by atoms with Gasteiger partial charge in [-0.1, -0.05) is 18.2 Å². The predicted molar refractivity (Wildman–Crippen MR) is 129 cm³/mol. The lowest BCUT2D eigenvalue weighted by molar-refractivity contribution is -0.00543. The van der Waals surface area contributed by atoms with E-state index in [0.29, 0.717) is 23.7 Å². The predicted octanol–water partition coefficient (Wildman–Crippen LogP) is 2.62. The molecule has 3 atom stereocenters. The SMILES string of the molecule is COC1CC2(CNCc3cc4ccc(CNC(=O)c5cc(=O)n6ccccc6n5)cc4[nH]3)CC12. The van der Waals surface area contributed by atoms with E-state index in [2.05, 4.69) is 32.7 Å². The molecule has 174 valence electrons. The van der Waals surface area contributed by atoms with Crippen molar-refractivity contribution in [3.63, 3.8) is 0 Å². The zero-order valence-corrected chi connectivity index (χ0v) is 19.0. The van der Waals surface area contributed by atoms with Gasteiger partial charge >= 0.3 is 0 Å². The van der Waals surface area contributed by atoms with E-state index < -0.39 is 0 Å². The number of pyridine rings is 1. The highest BCUT2D eigenvalue weighted by molar-refractivity contribution is 5.92. The van der Waals surface area contributed by atoms with Crippen LogP contribution in [-0.4, -0.2) is 40.0 Å². The molecule has 1 aromatic carbocycles. The number of fused-ring (bicyclic) bond motifs is 3. The van der Waals surface area contributed by atoms with Gasteiger partial charge in [0.2, 0.25) is 0 Å². The first-order valence-corrected chi connectivity index (χ1v) is 11.7. The molecule has 6 rings (SSSR count). The summed E-state index contributed by atoms with van der Waals surface area (Å²) in [5.41, 5.74) is 3.91. The second-order valence-electron chi connectivity index (χ2n) is 9.56. The monoisotopic (exact) mass is 457 g/mol. The van der Waals surface area contributed by atoms with Gasteiger partial charge in [0, 0.05) is 50.2 Å². The number of ether oxygens (including phenoxy) is 1. The second-order valence-corrected chi connectivity index (χ2v) is 9.56. The summed E-state index contributed by atoms with van der Waals surface area (Å²) in [4.78, 5) is 32.6. The zero-order valence-electron chi connectivity index (χ0n) is 19.0. The van der Waals surface area contributed by atoms with Crippen LogP contribution in [0.15, 0.2) is 59.5 Å². The molecule has 0 aliphatic heterocycles. The van der Waals surface area contributed by atoms with Crippen molar-refractivity contribution in [1.82, 2.24) is 25.0 Å². The first-order valence-electron chi connectivity index (χ1n) is 11.7. The van der Waals surface area contributed by atoms with Crippen LogP contribution in [0.2, 0.25) is 0 Å². The van der Waals surface area contributed by atoms with E-state index in [1.54, 1.807) is 24.4 Å². The number of benzene rings is 1. The van der Waals surface area contributed by atoms with E-state index in [9.17, 15) is 9.59 Å². The third-order valence-electron chi connectivity index (χ3n) is 7.40. The molecule has 0 spiro atoms. The van der Waals surface area contributed by atoms with Crippen LogP contribution in [0.4, 0.5) is 0 Å². The Bertz CT molecular complexity index is 1460. The molecule has 2 aliphatic carbocycles. The second kappa shape index (κ2) is 8.07. The molecule has 3 aromatic heterocycles. The average molecular weight is 458 g/mol. The lowest BCUT2D eigenvalue weighted by atomic mass is 9.82. The highest BCUT2D eigenvalue weighted by Crippen LogP contribution is 2.67. The highest BCUT2D eigenvalue weighted by atomic mass is 16.5.